The van der Waals surface area contributed by atoms with E-state index in [-0.39, 0.29) is 0 Å². The van der Waals surface area contributed by atoms with Crippen molar-refractivity contribution in [2.45, 2.75) is 36.5 Å². The van der Waals surface area contributed by atoms with Gasteiger partial charge in [0.1, 0.15) is 0 Å². The van der Waals surface area contributed by atoms with Crippen molar-refractivity contribution in [3.63, 3.8) is 0 Å². The zero-order valence-electron chi connectivity index (χ0n) is 11.4. The predicted molar refractivity (Wildman–Crippen MR) is 58.6 cm³/mol. The van der Waals surface area contributed by atoms with Gasteiger partial charge in [-0.05, 0) is 33.0 Å². The Kier molecular flexibility index (Phi) is 6.59. The van der Waals surface area contributed by atoms with E-state index in [4.69, 9.17) is 4.89 Å². The first-order valence-corrected chi connectivity index (χ1v) is 7.46. The molecule has 14 heteroatoms. The molecule has 0 aliphatic carbocycles. The van der Waals surface area contributed by atoms with Crippen LogP contribution in [0.4, 0.5) is 43.9 Å². The molecule has 1 heterocycles. The molecule has 1 fully saturated rings. The summed E-state index contributed by atoms with van der Waals surface area (Å²) in [6.07, 6.45) is -11.2. The topological polar surface area (TPSA) is 40.5 Å². The molecule has 0 atom stereocenters. The van der Waals surface area contributed by atoms with Gasteiger partial charge in [-0.15, -0.1) is 0 Å². The molecule has 0 aromatic rings. The van der Waals surface area contributed by atoms with E-state index >= 15 is 0 Å². The molecule has 140 valence electrons. The SMILES string of the molecule is CN1CCCC1.O=P(O)(C(F)(F)C(F)(F)F)C(F)(F)C(F)(F)F. The van der Waals surface area contributed by atoms with Gasteiger partial charge >= 0.3 is 31.0 Å². The van der Waals surface area contributed by atoms with Crippen LogP contribution in [-0.2, 0) is 4.57 Å². The molecular formula is C9H12F10NO2P. The summed E-state index contributed by atoms with van der Waals surface area (Å²) in [5.41, 5.74) is -14.2. The molecule has 1 aliphatic rings. The number of nitrogens with zero attached hydrogens (tertiary/aromatic N) is 1. The lowest BCUT2D eigenvalue weighted by atomic mass is 10.4. The first-order chi connectivity index (χ1) is 9.89. The predicted octanol–water partition coefficient (Wildman–Crippen LogP) is 4.28. The number of hydrogen-bond donors (Lipinski definition) is 1. The van der Waals surface area contributed by atoms with Crippen LogP contribution in [0.5, 0.6) is 0 Å². The third-order valence-corrected chi connectivity index (χ3v) is 4.80. The van der Waals surface area contributed by atoms with Gasteiger partial charge < -0.3 is 9.79 Å². The van der Waals surface area contributed by atoms with Crippen LogP contribution in [0.2, 0.25) is 0 Å². The molecule has 0 spiro atoms. The van der Waals surface area contributed by atoms with Gasteiger partial charge in [0.05, 0.1) is 0 Å². The fourth-order valence-electron chi connectivity index (χ4n) is 1.40. The molecule has 1 rings (SSSR count). The molecule has 0 aromatic heterocycles. The van der Waals surface area contributed by atoms with Crippen molar-refractivity contribution < 1.29 is 53.4 Å². The van der Waals surface area contributed by atoms with Gasteiger partial charge in [0.25, 0.3) is 0 Å². The highest BCUT2D eigenvalue weighted by atomic mass is 31.2. The average Bonchev–Trinajstić information content (AvgIpc) is 2.77. The van der Waals surface area contributed by atoms with Crippen molar-refractivity contribution >= 4 is 7.37 Å². The molecule has 0 radical (unpaired) electrons. The van der Waals surface area contributed by atoms with E-state index in [2.05, 4.69) is 11.9 Å². The Hall–Kier alpha value is -0.550. The number of likely N-dealkylation sites (tertiary alicyclic amines) is 1. The summed E-state index contributed by atoms with van der Waals surface area (Å²) < 4.78 is 127. The molecule has 1 aliphatic heterocycles. The number of halogens is 10. The lowest BCUT2D eigenvalue weighted by Gasteiger charge is -2.30. The smallest absolute Gasteiger partial charge is 0.336 e. The van der Waals surface area contributed by atoms with E-state index in [1.54, 1.807) is 0 Å². The van der Waals surface area contributed by atoms with Crippen LogP contribution in [-0.4, -0.2) is 53.6 Å². The summed E-state index contributed by atoms with van der Waals surface area (Å²) >= 11 is 0. The van der Waals surface area contributed by atoms with Crippen molar-refractivity contribution in [2.24, 2.45) is 0 Å². The fraction of sp³-hybridized carbons (Fsp3) is 1.00. The quantitative estimate of drug-likeness (QED) is 0.568. The Labute approximate surface area is 123 Å². The van der Waals surface area contributed by atoms with Gasteiger partial charge in [-0.3, -0.25) is 4.57 Å². The monoisotopic (exact) mass is 387 g/mol. The maximum Gasteiger partial charge on any atom is 0.463 e. The zero-order valence-corrected chi connectivity index (χ0v) is 12.3. The molecule has 1 saturated heterocycles. The Morgan fingerprint density at radius 3 is 1.17 bits per heavy atom. The third-order valence-electron chi connectivity index (χ3n) is 2.77. The van der Waals surface area contributed by atoms with Gasteiger partial charge in [-0.25, -0.2) is 0 Å². The lowest BCUT2D eigenvalue weighted by Crippen LogP contribution is -2.47. The molecule has 0 unspecified atom stereocenters. The summed E-state index contributed by atoms with van der Waals surface area (Å²) in [6.45, 7) is 2.64. The van der Waals surface area contributed by atoms with Crippen LogP contribution in [0.25, 0.3) is 0 Å². The second-order valence-electron chi connectivity index (χ2n) is 4.66. The summed E-state index contributed by atoms with van der Waals surface area (Å²) in [4.78, 5) is 10.2. The minimum Gasteiger partial charge on any atom is -0.336 e. The molecule has 0 bridgehead atoms. The van der Waals surface area contributed by atoms with Gasteiger partial charge in [-0.1, -0.05) is 0 Å². The van der Waals surface area contributed by atoms with E-state index in [1.165, 1.54) is 25.9 Å². The highest BCUT2D eigenvalue weighted by molar-refractivity contribution is 7.60. The second-order valence-corrected chi connectivity index (χ2v) is 6.94. The van der Waals surface area contributed by atoms with Gasteiger partial charge in [0.15, 0.2) is 0 Å². The van der Waals surface area contributed by atoms with Crippen LogP contribution in [0.1, 0.15) is 12.8 Å². The van der Waals surface area contributed by atoms with Crippen LogP contribution in [0, 0.1) is 0 Å². The van der Waals surface area contributed by atoms with Crippen LogP contribution in [0.3, 0.4) is 0 Å². The molecule has 23 heavy (non-hydrogen) atoms. The van der Waals surface area contributed by atoms with E-state index in [0.717, 1.165) is 0 Å². The Bertz CT molecular complexity index is 411. The average molecular weight is 387 g/mol. The summed E-state index contributed by atoms with van der Waals surface area (Å²) in [5.74, 6) is 0. The number of rotatable bonds is 2. The highest BCUT2D eigenvalue weighted by Crippen LogP contribution is 2.74. The molecule has 0 aromatic carbocycles. The zero-order chi connectivity index (χ0) is 18.9. The minimum atomic E-state index is -8.26. The molecular weight excluding hydrogens is 375 g/mol. The van der Waals surface area contributed by atoms with Crippen molar-refractivity contribution in [3.8, 4) is 0 Å². The molecule has 0 saturated carbocycles. The van der Waals surface area contributed by atoms with E-state index < -0.39 is 31.0 Å². The molecule has 3 nitrogen and oxygen atoms in total. The van der Waals surface area contributed by atoms with E-state index in [1.807, 2.05) is 0 Å². The van der Waals surface area contributed by atoms with Crippen molar-refractivity contribution in [1.82, 2.24) is 4.90 Å². The van der Waals surface area contributed by atoms with Gasteiger partial charge in [0, 0.05) is 0 Å². The van der Waals surface area contributed by atoms with Crippen LogP contribution < -0.4 is 0 Å². The van der Waals surface area contributed by atoms with Gasteiger partial charge in [0.2, 0.25) is 0 Å². The van der Waals surface area contributed by atoms with Crippen LogP contribution in [0.15, 0.2) is 0 Å². The second kappa shape index (κ2) is 6.75. The standard InChI is InChI=1S/C5H11N.C4HF10O2P/c1-6-4-2-3-5-6;5-1(6,7)3(11,12)17(15,16)4(13,14)2(8,9)10/h2-5H2,1H3;(H,15,16). The van der Waals surface area contributed by atoms with E-state index in [0.29, 0.717) is 0 Å². The maximum absolute atomic E-state index is 12.1. The highest BCUT2D eigenvalue weighted by Gasteiger charge is 2.83. The number of alkyl halides is 10. The largest absolute Gasteiger partial charge is 0.463 e. The van der Waals surface area contributed by atoms with Crippen molar-refractivity contribution in [2.75, 3.05) is 20.1 Å². The summed E-state index contributed by atoms with van der Waals surface area (Å²) in [5, 5.41) is 0. The third kappa shape index (κ3) is 4.50. The summed E-state index contributed by atoms with van der Waals surface area (Å²) in [6, 6.07) is 0. The maximum atomic E-state index is 12.1. The first-order valence-electron chi connectivity index (χ1n) is 5.80. The van der Waals surface area contributed by atoms with Crippen molar-refractivity contribution in [3.05, 3.63) is 0 Å². The van der Waals surface area contributed by atoms with E-state index in [9.17, 15) is 48.5 Å². The Morgan fingerprint density at radius 1 is 0.783 bits per heavy atom. The summed E-state index contributed by atoms with van der Waals surface area (Å²) in [7, 11) is -6.08. The number of hydrogen-bond acceptors (Lipinski definition) is 2. The lowest BCUT2D eigenvalue weighted by molar-refractivity contribution is -0.270. The van der Waals surface area contributed by atoms with Crippen LogP contribution >= 0.6 is 7.37 Å². The fourth-order valence-corrected chi connectivity index (χ4v) is 2.44. The minimum absolute atomic E-state index is 1.32. The first kappa shape index (κ1) is 22.4. The Balaban J connectivity index is 0.000000664. The Morgan fingerprint density at radius 2 is 1.04 bits per heavy atom. The molecule has 1 N–H and O–H groups in total. The molecule has 0 amide bonds. The normalized spacial score (nSPS) is 18.6. The van der Waals surface area contributed by atoms with Gasteiger partial charge in [-0.2, -0.15) is 43.9 Å². The van der Waals surface area contributed by atoms with Crippen molar-refractivity contribution in [1.29, 1.82) is 0 Å².